The number of hydrogen-bond donors (Lipinski definition) is 1. The molecule has 0 saturated heterocycles. The minimum Gasteiger partial charge on any atom is -0.494 e. The van der Waals surface area contributed by atoms with E-state index in [0.717, 1.165) is 25.1 Å². The molecule has 2 nitrogen and oxygen atoms in total. The molecule has 0 fully saturated rings. The van der Waals surface area contributed by atoms with Gasteiger partial charge in [0.1, 0.15) is 5.75 Å². The number of ether oxygens (including phenoxy) is 1. The van der Waals surface area contributed by atoms with Crippen molar-refractivity contribution >= 4 is 11.8 Å². The van der Waals surface area contributed by atoms with E-state index in [1.165, 1.54) is 11.3 Å². The summed E-state index contributed by atoms with van der Waals surface area (Å²) in [6.45, 7) is 3.71. The highest BCUT2D eigenvalue weighted by Gasteiger charge is 1.92. The summed E-state index contributed by atoms with van der Waals surface area (Å²) in [5.74, 6) is 0.932. The van der Waals surface area contributed by atoms with Crippen molar-refractivity contribution in [3.8, 4) is 5.75 Å². The second kappa shape index (κ2) is 8.85. The van der Waals surface area contributed by atoms with E-state index in [-0.39, 0.29) is 0 Å². The predicted octanol–water partition coefficient (Wildman–Crippen LogP) is 4.99. The predicted molar refractivity (Wildman–Crippen MR) is 90.8 cm³/mol. The third-order valence-corrected chi connectivity index (χ3v) is 3.15. The number of para-hydroxylation sites is 1. The lowest BCUT2D eigenvalue weighted by Crippen LogP contribution is -2.00. The van der Waals surface area contributed by atoms with Gasteiger partial charge in [-0.25, -0.2) is 0 Å². The lowest BCUT2D eigenvalue weighted by molar-refractivity contribution is 0.340. The molecule has 0 heterocycles. The van der Waals surface area contributed by atoms with Gasteiger partial charge in [-0.1, -0.05) is 42.5 Å². The Morgan fingerprint density at radius 3 is 2.48 bits per heavy atom. The topological polar surface area (TPSA) is 21.3 Å². The fraction of sp³-hybridized carbons (Fsp3) is 0.263. The zero-order chi connectivity index (χ0) is 14.8. The van der Waals surface area contributed by atoms with Crippen molar-refractivity contribution in [3.63, 3.8) is 0 Å². The number of unbranched alkanes of at least 4 members (excludes halogenated alkanes) is 1. The number of hydrogen-bond acceptors (Lipinski definition) is 2. The van der Waals surface area contributed by atoms with Gasteiger partial charge in [0.2, 0.25) is 0 Å². The Morgan fingerprint density at radius 1 is 1.00 bits per heavy atom. The van der Waals surface area contributed by atoms with Crippen LogP contribution in [0.2, 0.25) is 0 Å². The summed E-state index contributed by atoms with van der Waals surface area (Å²) in [5, 5.41) is 3.41. The fourth-order valence-corrected chi connectivity index (χ4v) is 2.07. The smallest absolute Gasteiger partial charge is 0.119 e. The molecule has 0 aliphatic heterocycles. The Kier molecular flexibility index (Phi) is 6.40. The van der Waals surface area contributed by atoms with Crippen molar-refractivity contribution in [3.05, 3.63) is 66.2 Å². The summed E-state index contributed by atoms with van der Waals surface area (Å²) in [6, 6.07) is 18.5. The molecule has 21 heavy (non-hydrogen) atoms. The second-order valence-electron chi connectivity index (χ2n) is 4.84. The van der Waals surface area contributed by atoms with Crippen molar-refractivity contribution < 1.29 is 4.74 Å². The Bertz CT molecular complexity index is 531. The van der Waals surface area contributed by atoms with Gasteiger partial charge in [0, 0.05) is 12.2 Å². The molecule has 0 radical (unpaired) electrons. The van der Waals surface area contributed by atoms with Crippen LogP contribution in [0.5, 0.6) is 5.75 Å². The van der Waals surface area contributed by atoms with E-state index in [4.69, 9.17) is 4.74 Å². The van der Waals surface area contributed by atoms with Crippen LogP contribution in [-0.4, -0.2) is 13.2 Å². The van der Waals surface area contributed by atoms with Crippen LogP contribution in [0.25, 0.3) is 6.08 Å². The maximum absolute atomic E-state index is 5.43. The summed E-state index contributed by atoms with van der Waals surface area (Å²) in [4.78, 5) is 0. The van der Waals surface area contributed by atoms with Gasteiger partial charge in [-0.05, 0) is 49.6 Å². The normalized spacial score (nSPS) is 10.7. The van der Waals surface area contributed by atoms with Crippen molar-refractivity contribution in [2.75, 3.05) is 18.5 Å². The number of allylic oxidation sites excluding steroid dienone is 1. The van der Waals surface area contributed by atoms with Crippen molar-refractivity contribution in [1.82, 2.24) is 0 Å². The van der Waals surface area contributed by atoms with Gasteiger partial charge in [0.05, 0.1) is 6.61 Å². The molecule has 0 aromatic heterocycles. The third kappa shape index (κ3) is 5.74. The van der Waals surface area contributed by atoms with Gasteiger partial charge in [0.25, 0.3) is 0 Å². The van der Waals surface area contributed by atoms with Crippen LogP contribution in [0.4, 0.5) is 5.69 Å². The van der Waals surface area contributed by atoms with Crippen molar-refractivity contribution in [2.24, 2.45) is 0 Å². The summed E-state index contributed by atoms with van der Waals surface area (Å²) in [7, 11) is 0. The van der Waals surface area contributed by atoms with E-state index >= 15 is 0 Å². The molecular weight excluding hydrogens is 258 g/mol. The van der Waals surface area contributed by atoms with Crippen molar-refractivity contribution in [2.45, 2.75) is 19.8 Å². The quantitative estimate of drug-likeness (QED) is 0.688. The molecule has 2 aromatic carbocycles. The van der Waals surface area contributed by atoms with Crippen LogP contribution >= 0.6 is 0 Å². The number of nitrogens with one attached hydrogen (secondary N) is 1. The molecule has 0 aliphatic carbocycles. The highest BCUT2D eigenvalue weighted by atomic mass is 16.5. The first-order chi connectivity index (χ1) is 10.4. The van der Waals surface area contributed by atoms with Crippen LogP contribution in [0.15, 0.2) is 60.7 Å². The Balaban J connectivity index is 1.66. The molecule has 0 saturated carbocycles. The van der Waals surface area contributed by atoms with Gasteiger partial charge in [0.15, 0.2) is 0 Å². The molecule has 2 aromatic rings. The van der Waals surface area contributed by atoms with Gasteiger partial charge in [-0.3, -0.25) is 0 Å². The van der Waals surface area contributed by atoms with Crippen LogP contribution < -0.4 is 10.1 Å². The molecule has 0 atom stereocenters. The van der Waals surface area contributed by atoms with Crippen LogP contribution in [0.1, 0.15) is 25.3 Å². The summed E-state index contributed by atoms with van der Waals surface area (Å²) in [6.07, 6.45) is 6.59. The Labute approximate surface area is 127 Å². The monoisotopic (exact) mass is 281 g/mol. The van der Waals surface area contributed by atoms with E-state index < -0.39 is 0 Å². The summed E-state index contributed by atoms with van der Waals surface area (Å²) in [5.41, 5.74) is 2.41. The van der Waals surface area contributed by atoms with Gasteiger partial charge in [-0.2, -0.15) is 0 Å². The van der Waals surface area contributed by atoms with E-state index in [1.54, 1.807) is 0 Å². The minimum absolute atomic E-state index is 0.712. The molecule has 0 unspecified atom stereocenters. The highest BCUT2D eigenvalue weighted by molar-refractivity contribution is 5.50. The third-order valence-electron chi connectivity index (χ3n) is 3.15. The zero-order valence-corrected chi connectivity index (χ0v) is 12.6. The number of anilines is 1. The largest absolute Gasteiger partial charge is 0.494 e. The zero-order valence-electron chi connectivity index (χ0n) is 12.6. The first kappa shape index (κ1) is 15.2. The maximum atomic E-state index is 5.43. The maximum Gasteiger partial charge on any atom is 0.119 e. The molecule has 2 heteroatoms. The molecule has 110 valence electrons. The van der Waals surface area contributed by atoms with E-state index in [1.807, 2.05) is 37.3 Å². The van der Waals surface area contributed by atoms with E-state index in [0.29, 0.717) is 6.61 Å². The molecular formula is C19H23NO. The lowest BCUT2D eigenvalue weighted by atomic mass is 10.2. The average molecular weight is 281 g/mol. The second-order valence-corrected chi connectivity index (χ2v) is 4.84. The van der Waals surface area contributed by atoms with E-state index in [2.05, 4.69) is 41.7 Å². The first-order valence-corrected chi connectivity index (χ1v) is 7.57. The molecule has 0 bridgehead atoms. The summed E-state index contributed by atoms with van der Waals surface area (Å²) >= 11 is 0. The molecule has 2 rings (SSSR count). The molecule has 0 spiro atoms. The van der Waals surface area contributed by atoms with Gasteiger partial charge >= 0.3 is 0 Å². The standard InChI is InChI=1S/C19H23NO/c1-2-21-19-14-12-17(13-15-19)9-5-4-8-16-20-18-10-6-3-7-11-18/h3,5-7,9-15,20H,2,4,8,16H2,1H3. The first-order valence-electron chi connectivity index (χ1n) is 7.57. The van der Waals surface area contributed by atoms with Gasteiger partial charge < -0.3 is 10.1 Å². The lowest BCUT2D eigenvalue weighted by Gasteiger charge is -2.04. The van der Waals surface area contributed by atoms with Gasteiger partial charge in [-0.15, -0.1) is 0 Å². The van der Waals surface area contributed by atoms with E-state index in [9.17, 15) is 0 Å². The Morgan fingerprint density at radius 2 is 1.76 bits per heavy atom. The number of benzene rings is 2. The fourth-order valence-electron chi connectivity index (χ4n) is 2.07. The summed E-state index contributed by atoms with van der Waals surface area (Å²) < 4.78 is 5.43. The SMILES string of the molecule is CCOc1ccc(C=CCCCNc2ccccc2)cc1. The number of rotatable bonds is 8. The average Bonchev–Trinajstić information content (AvgIpc) is 2.53. The molecule has 1 N–H and O–H groups in total. The van der Waals surface area contributed by atoms with Crippen LogP contribution in [0.3, 0.4) is 0 Å². The molecule has 0 aliphatic rings. The molecule has 0 amide bonds. The van der Waals surface area contributed by atoms with Crippen LogP contribution in [-0.2, 0) is 0 Å². The Hall–Kier alpha value is -2.22. The minimum atomic E-state index is 0.712. The highest BCUT2D eigenvalue weighted by Crippen LogP contribution is 2.13. The van der Waals surface area contributed by atoms with Crippen LogP contribution in [0, 0.1) is 0 Å². The van der Waals surface area contributed by atoms with Crippen molar-refractivity contribution in [1.29, 1.82) is 0 Å².